The van der Waals surface area contributed by atoms with Crippen molar-refractivity contribution in [3.63, 3.8) is 0 Å². The number of benzene rings is 4. The van der Waals surface area contributed by atoms with Crippen molar-refractivity contribution in [1.82, 2.24) is 0 Å². The van der Waals surface area contributed by atoms with Gasteiger partial charge in [0.15, 0.2) is 11.6 Å². The van der Waals surface area contributed by atoms with Crippen molar-refractivity contribution >= 4 is 45.4 Å². The van der Waals surface area contributed by atoms with E-state index in [1.807, 2.05) is 0 Å². The Morgan fingerprint density at radius 2 is 0.360 bits per heavy atom. The molecule has 0 radical (unpaired) electrons. The monoisotopic (exact) mass is 1390 g/mol. The van der Waals surface area contributed by atoms with E-state index in [1.165, 1.54) is 0 Å². The van der Waals surface area contributed by atoms with Gasteiger partial charge >= 0.3 is 0 Å². The molecule has 0 spiro atoms. The molecule has 2 aliphatic carbocycles. The van der Waals surface area contributed by atoms with Crippen LogP contribution in [0.4, 0.5) is 0 Å². The Balaban J connectivity index is 2.05. The highest BCUT2D eigenvalue weighted by molar-refractivity contribution is 7.12. The first-order valence-electron chi connectivity index (χ1n) is 36.3. The molecule has 4 N–H and O–H groups in total. The van der Waals surface area contributed by atoms with E-state index in [4.69, 9.17) is 0 Å². The standard InChI is InChI=1S/C92H124O6S2/c1-81(2,3)55-37-49(38-56(71(55)93)82(4,5)6)67-69(51-41-59(85(13,14)15)73(95)60(42-51)86(16,17)18)79(99-77(67)53-45-63(89(25,26)27)75(97)64(46-53)90(28,29)30)80-70(52-43-61(87(19,20)21)74(96)62(44-52)88(22,23)24)68(50-39-57(83(7,8)9)72(94)58(40-50)84(10,11)12)78(100-80)54-47-65(91(31,32)33)76(98)66(48-54)92(34,35)36/h37-48,93-96H,1-36H3/b80-79+. The van der Waals surface area contributed by atoms with E-state index < -0.39 is 65.0 Å². The first-order valence-corrected chi connectivity index (χ1v) is 37.9. The molecule has 0 amide bonds. The molecule has 0 bridgehead atoms. The average molecular weight is 1390 g/mol. The highest BCUT2D eigenvalue weighted by Crippen LogP contribution is 2.53. The maximum absolute atomic E-state index is 15.4. The molecule has 2 aliphatic rings. The molecule has 0 saturated carbocycles. The molecule has 6 nitrogen and oxygen atoms in total. The zero-order chi connectivity index (χ0) is 76.4. The highest BCUT2D eigenvalue weighted by Gasteiger charge is 2.40. The number of Topliss-reactive ketones (excluding diaryl/α,β-unsaturated/α-hetero) is 2. The molecule has 8 heteroatoms. The van der Waals surface area contributed by atoms with Gasteiger partial charge in [-0.1, -0.05) is 249 Å². The zero-order valence-corrected chi connectivity index (χ0v) is 70.0. The number of carbonyl (C=O) groups is 2. The fourth-order valence-corrected chi connectivity index (χ4v) is 16.9. The molecular weight excluding hydrogens is 1270 g/mol. The highest BCUT2D eigenvalue weighted by atomic mass is 32.1. The number of carbonyl (C=O) groups excluding carboxylic acids is 2. The predicted octanol–water partition coefficient (Wildman–Crippen LogP) is 24.3. The predicted molar refractivity (Wildman–Crippen MR) is 431 cm³/mol. The smallest absolute Gasteiger partial charge is 0.186 e. The first-order chi connectivity index (χ1) is 44.7. The Morgan fingerprint density at radius 1 is 0.220 bits per heavy atom. The Labute approximate surface area is 611 Å². The van der Waals surface area contributed by atoms with Crippen LogP contribution < -0.4 is 9.06 Å². The van der Waals surface area contributed by atoms with E-state index in [0.29, 0.717) is 22.3 Å². The Morgan fingerprint density at radius 3 is 0.490 bits per heavy atom. The van der Waals surface area contributed by atoms with Gasteiger partial charge < -0.3 is 20.4 Å². The summed E-state index contributed by atoms with van der Waals surface area (Å²) in [5.74, 6) is 1.08. The second-order valence-electron chi connectivity index (χ2n) is 41.5. The minimum Gasteiger partial charge on any atom is -0.507 e. The third-order valence-electron chi connectivity index (χ3n) is 20.0. The summed E-state index contributed by atoms with van der Waals surface area (Å²) in [5, 5.41) is 51.6. The molecule has 8 rings (SSSR count). The minimum atomic E-state index is -0.563. The fourth-order valence-electron chi connectivity index (χ4n) is 14.1. The topological polar surface area (TPSA) is 115 Å². The van der Waals surface area contributed by atoms with Crippen molar-refractivity contribution in [3.05, 3.63) is 158 Å². The van der Waals surface area contributed by atoms with Gasteiger partial charge in [0.2, 0.25) is 0 Å². The fraction of sp³-hybridized carbons (Fsp3) is 0.522. The Hall–Kier alpha value is -6.48. The van der Waals surface area contributed by atoms with Gasteiger partial charge in [0.25, 0.3) is 0 Å². The number of ketones is 2. The van der Waals surface area contributed by atoms with Gasteiger partial charge in [-0.2, -0.15) is 0 Å². The van der Waals surface area contributed by atoms with Gasteiger partial charge in [0, 0.05) is 98.1 Å². The Kier molecular flexibility index (Phi) is 19.9. The Bertz CT molecular complexity index is 4210. The molecule has 6 aromatic rings. The van der Waals surface area contributed by atoms with E-state index in [-0.39, 0.29) is 34.6 Å². The molecule has 0 saturated heterocycles. The van der Waals surface area contributed by atoms with E-state index in [1.54, 1.807) is 22.7 Å². The number of phenolic OH excluding ortho intramolecular Hbond substituents is 4. The molecular formula is C92H124O6S2. The van der Waals surface area contributed by atoms with Crippen LogP contribution >= 0.6 is 22.7 Å². The van der Waals surface area contributed by atoms with E-state index in [2.05, 4.69) is 322 Å². The summed E-state index contributed by atoms with van der Waals surface area (Å²) in [4.78, 5) is 30.8. The minimum absolute atomic E-state index is 0.0260. The van der Waals surface area contributed by atoms with Crippen LogP contribution in [-0.4, -0.2) is 32.0 Å². The first kappa shape index (κ1) is 79.2. The normalized spacial score (nSPS) is 16.0. The molecule has 0 aliphatic heterocycles. The van der Waals surface area contributed by atoms with E-state index >= 15 is 9.59 Å². The number of allylic oxidation sites excluding steroid dienone is 8. The van der Waals surface area contributed by atoms with Crippen molar-refractivity contribution in [2.24, 2.45) is 21.7 Å². The van der Waals surface area contributed by atoms with Crippen LogP contribution in [-0.2, 0) is 52.9 Å². The third-order valence-corrected chi connectivity index (χ3v) is 22.7. The van der Waals surface area contributed by atoms with E-state index in [0.717, 1.165) is 118 Å². The molecule has 2 aromatic heterocycles. The van der Waals surface area contributed by atoms with Crippen LogP contribution in [0.25, 0.3) is 55.7 Å². The summed E-state index contributed by atoms with van der Waals surface area (Å²) in [7, 11) is 0. The summed E-state index contributed by atoms with van der Waals surface area (Å²) in [6.07, 6.45) is 8.60. The van der Waals surface area contributed by atoms with Gasteiger partial charge in [0.05, 0.1) is 9.06 Å². The molecule has 0 unspecified atom stereocenters. The molecule has 100 heavy (non-hydrogen) atoms. The number of aromatic hydroxyl groups is 4. The van der Waals surface area contributed by atoms with Crippen LogP contribution in [0.15, 0.2) is 95.1 Å². The molecule has 540 valence electrons. The van der Waals surface area contributed by atoms with Crippen LogP contribution in [0, 0.1) is 30.7 Å². The van der Waals surface area contributed by atoms with Crippen LogP contribution in [0.3, 0.4) is 0 Å². The SMILES string of the molecule is CC(C)(C)C1=CC(=c2s/c(=c3/sc(=C4C=C(C(C)(C)C)C(=O)C(C(C)(C)C)=C4)c(-c4cc(C(C)(C)C)c(O)c(C(C)(C)C)c4)c3-c3cc(C(C)(C)C)c(O)c(C(C)(C)C)c3)c(-c3cc(C(C)(C)C)c(O)c(C(C)(C)C)c3)c2-c2cc(C(C)(C)C)c(O)c(C(C)(C)C)c2)C=C(C(C)(C)C)C1=O. The molecule has 0 atom stereocenters. The number of thiophene rings is 2. The third kappa shape index (κ3) is 15.3. The maximum atomic E-state index is 15.4. The second-order valence-corrected chi connectivity index (χ2v) is 43.5. The van der Waals surface area contributed by atoms with Gasteiger partial charge in [-0.3, -0.25) is 9.59 Å². The lowest BCUT2D eigenvalue weighted by Crippen LogP contribution is -2.28. The van der Waals surface area contributed by atoms with Crippen molar-refractivity contribution in [2.45, 2.75) is 293 Å². The van der Waals surface area contributed by atoms with Crippen molar-refractivity contribution < 1.29 is 30.0 Å². The van der Waals surface area contributed by atoms with Gasteiger partial charge in [-0.05, 0) is 171 Å². The number of hydrogen-bond acceptors (Lipinski definition) is 8. The summed E-state index contributed by atoms with van der Waals surface area (Å²) in [5.41, 5.74) is 11.7. The van der Waals surface area contributed by atoms with Gasteiger partial charge in [-0.15, -0.1) is 22.7 Å². The lowest BCUT2D eigenvalue weighted by molar-refractivity contribution is -0.114. The lowest BCUT2D eigenvalue weighted by Gasteiger charge is -2.31. The summed E-state index contributed by atoms with van der Waals surface area (Å²) < 4.78 is 3.74. The summed E-state index contributed by atoms with van der Waals surface area (Å²) >= 11 is 3.42. The molecule has 2 heterocycles. The summed E-state index contributed by atoms with van der Waals surface area (Å²) in [6.45, 7) is 77.4. The lowest BCUT2D eigenvalue weighted by atomic mass is 9.71. The number of hydrogen-bond donors (Lipinski definition) is 4. The maximum Gasteiger partial charge on any atom is 0.186 e. The van der Waals surface area contributed by atoms with Crippen LogP contribution in [0.5, 0.6) is 23.0 Å². The number of rotatable bonds is 4. The van der Waals surface area contributed by atoms with Gasteiger partial charge in [-0.25, -0.2) is 0 Å². The van der Waals surface area contributed by atoms with Crippen molar-refractivity contribution in [3.8, 4) is 67.5 Å². The van der Waals surface area contributed by atoms with Crippen molar-refractivity contribution in [2.75, 3.05) is 0 Å². The van der Waals surface area contributed by atoms with Crippen LogP contribution in [0.2, 0.25) is 0 Å². The van der Waals surface area contributed by atoms with Gasteiger partial charge in [0.1, 0.15) is 23.0 Å². The largest absolute Gasteiger partial charge is 0.507 e. The van der Waals surface area contributed by atoms with Crippen molar-refractivity contribution in [1.29, 1.82) is 0 Å². The van der Waals surface area contributed by atoms with E-state index in [9.17, 15) is 20.4 Å². The quantitative estimate of drug-likeness (QED) is 0.140. The second kappa shape index (κ2) is 25.2. The number of phenols is 4. The van der Waals surface area contributed by atoms with Crippen LogP contribution in [0.1, 0.15) is 294 Å². The summed E-state index contributed by atoms with van der Waals surface area (Å²) in [6, 6.07) is 17.7. The average Bonchev–Trinajstić information content (AvgIpc) is 1.53. The zero-order valence-electron chi connectivity index (χ0n) is 68.4. The molecule has 4 aromatic carbocycles. The molecule has 0 fully saturated rings.